The maximum absolute atomic E-state index is 12.3. The zero-order valence-corrected chi connectivity index (χ0v) is 12.6. The monoisotopic (exact) mass is 301 g/mol. The Kier molecular flexibility index (Phi) is 3.84. The summed E-state index contributed by atoms with van der Waals surface area (Å²) in [5, 5.41) is 0.523. The number of carbonyl (C=O) groups is 1. The minimum atomic E-state index is -0.0440. The van der Waals surface area contributed by atoms with Crippen molar-refractivity contribution in [1.82, 2.24) is 0 Å². The average Bonchev–Trinajstić information content (AvgIpc) is 2.92. The molecule has 1 amide bonds. The number of aryl methyl sites for hydroxylation is 1. The molecule has 2 aromatic rings. The van der Waals surface area contributed by atoms with E-state index in [4.69, 9.17) is 16.3 Å². The minimum Gasteiger partial charge on any atom is -0.482 e. The summed E-state index contributed by atoms with van der Waals surface area (Å²) in [7, 11) is 0. The standard InChI is InChI=1S/C17H16ClNO2/c1-12-6-7-14(18)16(10-12)21-11-17(20)19-9-8-13-4-2-3-5-15(13)19/h2-7,10H,8-9,11H2,1H3. The summed E-state index contributed by atoms with van der Waals surface area (Å²) in [4.78, 5) is 14.1. The van der Waals surface area contributed by atoms with Gasteiger partial charge in [-0.25, -0.2) is 0 Å². The molecule has 108 valence electrons. The van der Waals surface area contributed by atoms with Gasteiger partial charge in [-0.2, -0.15) is 0 Å². The molecule has 0 saturated carbocycles. The summed E-state index contributed by atoms with van der Waals surface area (Å²) >= 11 is 6.07. The van der Waals surface area contributed by atoms with E-state index in [0.29, 0.717) is 17.3 Å². The van der Waals surface area contributed by atoms with E-state index in [1.165, 1.54) is 5.56 Å². The van der Waals surface area contributed by atoms with Crippen LogP contribution in [0, 0.1) is 6.92 Å². The van der Waals surface area contributed by atoms with Gasteiger partial charge in [-0.1, -0.05) is 35.9 Å². The lowest BCUT2D eigenvalue weighted by Crippen LogP contribution is -2.33. The van der Waals surface area contributed by atoms with Crippen molar-refractivity contribution in [2.45, 2.75) is 13.3 Å². The summed E-state index contributed by atoms with van der Waals surface area (Å²) in [6, 6.07) is 13.5. The number of para-hydroxylation sites is 1. The van der Waals surface area contributed by atoms with Gasteiger partial charge in [0, 0.05) is 12.2 Å². The molecule has 1 aliphatic heterocycles. The Balaban J connectivity index is 1.69. The highest BCUT2D eigenvalue weighted by Crippen LogP contribution is 2.28. The molecule has 3 nitrogen and oxygen atoms in total. The van der Waals surface area contributed by atoms with Crippen LogP contribution in [-0.4, -0.2) is 19.1 Å². The molecule has 0 unspecified atom stereocenters. The second-order valence-electron chi connectivity index (χ2n) is 5.15. The molecule has 0 aromatic heterocycles. The van der Waals surface area contributed by atoms with Crippen molar-refractivity contribution < 1.29 is 9.53 Å². The van der Waals surface area contributed by atoms with Gasteiger partial charge in [-0.15, -0.1) is 0 Å². The summed E-state index contributed by atoms with van der Waals surface area (Å²) < 4.78 is 5.58. The van der Waals surface area contributed by atoms with Gasteiger partial charge in [0.1, 0.15) is 5.75 Å². The molecule has 0 atom stereocenters. The predicted octanol–water partition coefficient (Wildman–Crippen LogP) is 3.62. The van der Waals surface area contributed by atoms with E-state index in [2.05, 4.69) is 6.07 Å². The second kappa shape index (κ2) is 5.78. The first-order chi connectivity index (χ1) is 10.1. The van der Waals surface area contributed by atoms with Gasteiger partial charge < -0.3 is 9.64 Å². The molecule has 0 bridgehead atoms. The third-order valence-corrected chi connectivity index (χ3v) is 3.94. The van der Waals surface area contributed by atoms with Gasteiger partial charge in [-0.05, 0) is 42.7 Å². The lowest BCUT2D eigenvalue weighted by Gasteiger charge is -2.18. The van der Waals surface area contributed by atoms with Gasteiger partial charge in [0.2, 0.25) is 0 Å². The van der Waals surface area contributed by atoms with Crippen LogP contribution in [0.1, 0.15) is 11.1 Å². The topological polar surface area (TPSA) is 29.5 Å². The van der Waals surface area contributed by atoms with Crippen LogP contribution in [0.25, 0.3) is 0 Å². The number of hydrogen-bond donors (Lipinski definition) is 0. The number of rotatable bonds is 3. The van der Waals surface area contributed by atoms with Crippen LogP contribution in [0.3, 0.4) is 0 Å². The highest BCUT2D eigenvalue weighted by molar-refractivity contribution is 6.32. The average molecular weight is 302 g/mol. The molecule has 0 radical (unpaired) electrons. The first-order valence-electron chi connectivity index (χ1n) is 6.92. The number of fused-ring (bicyclic) bond motifs is 1. The van der Waals surface area contributed by atoms with Gasteiger partial charge in [-0.3, -0.25) is 4.79 Å². The molecule has 0 N–H and O–H groups in total. The van der Waals surface area contributed by atoms with E-state index in [-0.39, 0.29) is 12.5 Å². The van der Waals surface area contributed by atoms with Gasteiger partial charge in [0.25, 0.3) is 5.91 Å². The highest BCUT2D eigenvalue weighted by Gasteiger charge is 2.24. The summed E-state index contributed by atoms with van der Waals surface area (Å²) in [6.07, 6.45) is 0.896. The molecule has 2 aromatic carbocycles. The maximum Gasteiger partial charge on any atom is 0.264 e. The molecule has 21 heavy (non-hydrogen) atoms. The van der Waals surface area contributed by atoms with Crippen molar-refractivity contribution in [2.75, 3.05) is 18.1 Å². The van der Waals surface area contributed by atoms with Crippen molar-refractivity contribution in [1.29, 1.82) is 0 Å². The Morgan fingerprint density at radius 1 is 1.29 bits per heavy atom. The van der Waals surface area contributed by atoms with Crippen molar-refractivity contribution in [3.63, 3.8) is 0 Å². The van der Waals surface area contributed by atoms with Crippen molar-refractivity contribution in [3.8, 4) is 5.75 Å². The quantitative estimate of drug-likeness (QED) is 0.866. The Morgan fingerprint density at radius 2 is 2.10 bits per heavy atom. The SMILES string of the molecule is Cc1ccc(Cl)c(OCC(=O)N2CCc3ccccc32)c1. The zero-order chi connectivity index (χ0) is 14.8. The molecule has 0 fully saturated rings. The van der Waals surface area contributed by atoms with Crippen LogP contribution in [-0.2, 0) is 11.2 Å². The normalized spacial score (nSPS) is 13.1. The highest BCUT2D eigenvalue weighted by atomic mass is 35.5. The van der Waals surface area contributed by atoms with E-state index in [1.54, 1.807) is 11.0 Å². The molecule has 4 heteroatoms. The molecular weight excluding hydrogens is 286 g/mol. The molecule has 1 heterocycles. The van der Waals surface area contributed by atoms with Crippen LogP contribution < -0.4 is 9.64 Å². The second-order valence-corrected chi connectivity index (χ2v) is 5.55. The van der Waals surface area contributed by atoms with E-state index < -0.39 is 0 Å². The largest absolute Gasteiger partial charge is 0.482 e. The molecular formula is C17H16ClNO2. The summed E-state index contributed by atoms with van der Waals surface area (Å²) in [6.45, 7) is 2.67. The maximum atomic E-state index is 12.3. The van der Waals surface area contributed by atoms with E-state index in [1.807, 2.05) is 37.3 Å². The van der Waals surface area contributed by atoms with E-state index in [0.717, 1.165) is 17.7 Å². The van der Waals surface area contributed by atoms with Crippen LogP contribution in [0.5, 0.6) is 5.75 Å². The van der Waals surface area contributed by atoms with Gasteiger partial charge >= 0.3 is 0 Å². The Bertz CT molecular complexity index is 684. The summed E-state index contributed by atoms with van der Waals surface area (Å²) in [5.74, 6) is 0.509. The van der Waals surface area contributed by atoms with Crippen LogP contribution in [0.15, 0.2) is 42.5 Å². The predicted molar refractivity (Wildman–Crippen MR) is 84.2 cm³/mol. The van der Waals surface area contributed by atoms with E-state index >= 15 is 0 Å². The summed E-state index contributed by atoms with van der Waals surface area (Å²) in [5.41, 5.74) is 3.24. The van der Waals surface area contributed by atoms with E-state index in [9.17, 15) is 4.79 Å². The van der Waals surface area contributed by atoms with Gasteiger partial charge in [0.15, 0.2) is 6.61 Å². The lowest BCUT2D eigenvalue weighted by atomic mass is 10.2. The fourth-order valence-electron chi connectivity index (χ4n) is 2.54. The number of benzene rings is 2. The third kappa shape index (κ3) is 2.88. The fourth-order valence-corrected chi connectivity index (χ4v) is 2.71. The Hall–Kier alpha value is -2.00. The first-order valence-corrected chi connectivity index (χ1v) is 7.30. The minimum absolute atomic E-state index is 0.00247. The first kappa shape index (κ1) is 14.0. The lowest BCUT2D eigenvalue weighted by molar-refractivity contribution is -0.120. The number of anilines is 1. The van der Waals surface area contributed by atoms with Crippen molar-refractivity contribution in [2.24, 2.45) is 0 Å². The van der Waals surface area contributed by atoms with Crippen LogP contribution >= 0.6 is 11.6 Å². The molecule has 0 saturated heterocycles. The zero-order valence-electron chi connectivity index (χ0n) is 11.8. The number of amides is 1. The Morgan fingerprint density at radius 3 is 2.95 bits per heavy atom. The molecule has 3 rings (SSSR count). The van der Waals surface area contributed by atoms with Crippen LogP contribution in [0.2, 0.25) is 5.02 Å². The van der Waals surface area contributed by atoms with Crippen LogP contribution in [0.4, 0.5) is 5.69 Å². The third-order valence-electron chi connectivity index (χ3n) is 3.63. The van der Waals surface area contributed by atoms with Crippen molar-refractivity contribution >= 4 is 23.2 Å². The fraction of sp³-hybridized carbons (Fsp3) is 0.235. The number of nitrogens with zero attached hydrogens (tertiary/aromatic N) is 1. The molecule has 1 aliphatic rings. The smallest absolute Gasteiger partial charge is 0.264 e. The number of hydrogen-bond acceptors (Lipinski definition) is 2. The number of ether oxygens (including phenoxy) is 1. The number of carbonyl (C=O) groups excluding carboxylic acids is 1. The molecule has 0 aliphatic carbocycles. The van der Waals surface area contributed by atoms with Crippen molar-refractivity contribution in [3.05, 3.63) is 58.6 Å². The molecule has 0 spiro atoms. The Labute approximate surface area is 129 Å². The van der Waals surface area contributed by atoms with Gasteiger partial charge in [0.05, 0.1) is 5.02 Å². The number of halogens is 1.